The first-order chi connectivity index (χ1) is 19.3. The van der Waals surface area contributed by atoms with Gasteiger partial charge in [0, 0.05) is 34.1 Å². The minimum absolute atomic E-state index is 0.187. The van der Waals surface area contributed by atoms with E-state index in [0.29, 0.717) is 0 Å². The van der Waals surface area contributed by atoms with Gasteiger partial charge < -0.3 is 20.0 Å². The number of carboxylic acid groups (broad SMARTS) is 2. The van der Waals surface area contributed by atoms with Crippen LogP contribution < -0.4 is 9.80 Å². The molecular weight excluding hydrogens is 500 g/mol. The van der Waals surface area contributed by atoms with E-state index in [9.17, 15) is 19.8 Å². The second-order valence-corrected chi connectivity index (χ2v) is 9.56. The van der Waals surface area contributed by atoms with Crippen LogP contribution in [0.1, 0.15) is 31.8 Å². The standard InChI is InChI=1S/C34H28N2O4/c1-23-3-11-27(12-4-23)35(28-13-5-24(2)6-14-28)31-19-21-32(22-20-31)36(29-15-7-25(8-16-29)33(37)38)30-17-9-26(10-18-30)34(39)40/h3-22H,1-2H3,(H,37,38)(H,39,40). The molecule has 0 unspecified atom stereocenters. The summed E-state index contributed by atoms with van der Waals surface area (Å²) in [6.45, 7) is 4.13. The van der Waals surface area contributed by atoms with Crippen LogP contribution in [0, 0.1) is 13.8 Å². The zero-order chi connectivity index (χ0) is 28.2. The fraction of sp³-hybridized carbons (Fsp3) is 0.0588. The van der Waals surface area contributed by atoms with Crippen LogP contribution in [0.25, 0.3) is 0 Å². The summed E-state index contributed by atoms with van der Waals surface area (Å²) < 4.78 is 0. The van der Waals surface area contributed by atoms with Crippen molar-refractivity contribution in [3.63, 3.8) is 0 Å². The molecule has 0 atom stereocenters. The van der Waals surface area contributed by atoms with Crippen LogP contribution in [0.2, 0.25) is 0 Å². The van der Waals surface area contributed by atoms with Crippen molar-refractivity contribution in [2.45, 2.75) is 13.8 Å². The molecule has 0 radical (unpaired) electrons. The molecule has 5 rings (SSSR count). The topological polar surface area (TPSA) is 81.1 Å². The summed E-state index contributed by atoms with van der Waals surface area (Å²) in [5.74, 6) is -2.00. The first kappa shape index (κ1) is 26.3. The molecule has 40 heavy (non-hydrogen) atoms. The Kier molecular flexibility index (Phi) is 7.33. The van der Waals surface area contributed by atoms with Crippen molar-refractivity contribution < 1.29 is 19.8 Å². The lowest BCUT2D eigenvalue weighted by Crippen LogP contribution is -2.12. The number of benzene rings is 5. The maximum absolute atomic E-state index is 11.4. The Morgan fingerprint density at radius 1 is 0.400 bits per heavy atom. The fourth-order valence-electron chi connectivity index (χ4n) is 4.54. The van der Waals surface area contributed by atoms with Crippen LogP contribution in [0.15, 0.2) is 121 Å². The lowest BCUT2D eigenvalue weighted by atomic mass is 10.1. The highest BCUT2D eigenvalue weighted by Crippen LogP contribution is 2.39. The van der Waals surface area contributed by atoms with E-state index in [2.05, 4.69) is 67.3 Å². The molecule has 6 nitrogen and oxygen atoms in total. The van der Waals surface area contributed by atoms with Crippen molar-refractivity contribution in [1.29, 1.82) is 0 Å². The van der Waals surface area contributed by atoms with Crippen molar-refractivity contribution >= 4 is 46.1 Å². The van der Waals surface area contributed by atoms with Crippen LogP contribution in [0.3, 0.4) is 0 Å². The largest absolute Gasteiger partial charge is 0.478 e. The van der Waals surface area contributed by atoms with Gasteiger partial charge in [-0.1, -0.05) is 35.4 Å². The molecule has 0 fully saturated rings. The Morgan fingerprint density at radius 3 is 0.825 bits per heavy atom. The monoisotopic (exact) mass is 528 g/mol. The van der Waals surface area contributed by atoms with Gasteiger partial charge in [0.15, 0.2) is 0 Å². The zero-order valence-electron chi connectivity index (χ0n) is 22.2. The van der Waals surface area contributed by atoms with Gasteiger partial charge in [-0.15, -0.1) is 0 Å². The minimum atomic E-state index is -0.999. The lowest BCUT2D eigenvalue weighted by Gasteiger charge is -2.28. The second-order valence-electron chi connectivity index (χ2n) is 9.56. The average molecular weight is 529 g/mol. The molecule has 5 aromatic rings. The van der Waals surface area contributed by atoms with Crippen molar-refractivity contribution in [2.24, 2.45) is 0 Å². The maximum atomic E-state index is 11.4. The highest BCUT2D eigenvalue weighted by atomic mass is 16.4. The number of hydrogen-bond donors (Lipinski definition) is 2. The summed E-state index contributed by atoms with van der Waals surface area (Å²) in [6.07, 6.45) is 0. The van der Waals surface area contributed by atoms with E-state index in [1.165, 1.54) is 11.1 Å². The van der Waals surface area contributed by atoms with Crippen molar-refractivity contribution in [3.05, 3.63) is 144 Å². The number of carbonyl (C=O) groups is 2. The summed E-state index contributed by atoms with van der Waals surface area (Å²) in [5, 5.41) is 18.7. The van der Waals surface area contributed by atoms with Crippen molar-refractivity contribution in [3.8, 4) is 0 Å². The van der Waals surface area contributed by atoms with Crippen LogP contribution >= 0.6 is 0 Å². The smallest absolute Gasteiger partial charge is 0.335 e. The molecular formula is C34H28N2O4. The Balaban J connectivity index is 1.58. The lowest BCUT2D eigenvalue weighted by molar-refractivity contribution is 0.0686. The van der Waals surface area contributed by atoms with Gasteiger partial charge >= 0.3 is 11.9 Å². The van der Waals surface area contributed by atoms with Gasteiger partial charge in [0.2, 0.25) is 0 Å². The van der Waals surface area contributed by atoms with Crippen LogP contribution in [0.5, 0.6) is 0 Å². The highest BCUT2D eigenvalue weighted by molar-refractivity contribution is 5.90. The summed E-state index contributed by atoms with van der Waals surface area (Å²) in [4.78, 5) is 27.0. The Morgan fingerprint density at radius 2 is 0.600 bits per heavy atom. The quantitative estimate of drug-likeness (QED) is 0.210. The van der Waals surface area contributed by atoms with Crippen LogP contribution in [-0.4, -0.2) is 22.2 Å². The van der Waals surface area contributed by atoms with Crippen molar-refractivity contribution in [1.82, 2.24) is 0 Å². The van der Waals surface area contributed by atoms with E-state index >= 15 is 0 Å². The number of rotatable bonds is 8. The molecule has 0 aromatic heterocycles. The summed E-state index contributed by atoms with van der Waals surface area (Å²) in [6, 6.07) is 38.1. The normalized spacial score (nSPS) is 10.7. The van der Waals surface area contributed by atoms with E-state index in [-0.39, 0.29) is 11.1 Å². The predicted octanol–water partition coefficient (Wildman–Crippen LogP) is 8.64. The highest BCUT2D eigenvalue weighted by Gasteiger charge is 2.17. The zero-order valence-corrected chi connectivity index (χ0v) is 22.2. The number of carboxylic acids is 2. The molecule has 2 N–H and O–H groups in total. The number of anilines is 6. The van der Waals surface area contributed by atoms with Crippen molar-refractivity contribution in [2.75, 3.05) is 9.80 Å². The minimum Gasteiger partial charge on any atom is -0.478 e. The number of hydrogen-bond acceptors (Lipinski definition) is 4. The third-order valence-electron chi connectivity index (χ3n) is 6.70. The third-order valence-corrected chi connectivity index (χ3v) is 6.70. The van der Waals surface area contributed by atoms with E-state index in [1.54, 1.807) is 48.5 Å². The fourth-order valence-corrected chi connectivity index (χ4v) is 4.54. The molecule has 0 aliphatic rings. The van der Waals surface area contributed by atoms with Gasteiger partial charge in [0.05, 0.1) is 11.1 Å². The summed E-state index contributed by atoms with van der Waals surface area (Å²) in [5.41, 5.74) is 8.10. The third kappa shape index (κ3) is 5.56. The number of aromatic carboxylic acids is 2. The van der Waals surface area contributed by atoms with Gasteiger partial charge in [-0.05, 0) is 111 Å². The molecule has 0 amide bonds. The van der Waals surface area contributed by atoms with Crippen LogP contribution in [-0.2, 0) is 0 Å². The molecule has 0 saturated carbocycles. The first-order valence-electron chi connectivity index (χ1n) is 12.8. The van der Waals surface area contributed by atoms with E-state index < -0.39 is 11.9 Å². The molecule has 0 aliphatic heterocycles. The van der Waals surface area contributed by atoms with Gasteiger partial charge in [-0.25, -0.2) is 9.59 Å². The average Bonchev–Trinajstić information content (AvgIpc) is 2.97. The molecule has 5 aromatic carbocycles. The van der Waals surface area contributed by atoms with E-state index in [1.807, 2.05) is 29.2 Å². The maximum Gasteiger partial charge on any atom is 0.335 e. The van der Waals surface area contributed by atoms with Gasteiger partial charge in [-0.2, -0.15) is 0 Å². The van der Waals surface area contributed by atoms with Gasteiger partial charge in [0.25, 0.3) is 0 Å². The first-order valence-corrected chi connectivity index (χ1v) is 12.8. The van der Waals surface area contributed by atoms with Gasteiger partial charge in [-0.3, -0.25) is 0 Å². The Labute approximate surface area is 233 Å². The predicted molar refractivity (Wildman–Crippen MR) is 159 cm³/mol. The second kappa shape index (κ2) is 11.2. The summed E-state index contributed by atoms with van der Waals surface area (Å²) >= 11 is 0. The molecule has 198 valence electrons. The summed E-state index contributed by atoms with van der Waals surface area (Å²) in [7, 11) is 0. The number of aryl methyl sites for hydroxylation is 2. The molecule has 0 saturated heterocycles. The SMILES string of the molecule is Cc1ccc(N(c2ccc(C)cc2)c2ccc(N(c3ccc(C(=O)O)cc3)c3ccc(C(=O)O)cc3)cc2)cc1. The van der Waals surface area contributed by atoms with E-state index in [4.69, 9.17) is 0 Å². The molecule has 0 bridgehead atoms. The molecule has 0 spiro atoms. The molecule has 0 aliphatic carbocycles. The van der Waals surface area contributed by atoms with Gasteiger partial charge in [0.1, 0.15) is 0 Å². The Bertz CT molecular complexity index is 1520. The molecule has 0 heterocycles. The van der Waals surface area contributed by atoms with E-state index in [0.717, 1.165) is 34.1 Å². The molecule has 6 heteroatoms. The Hall–Kier alpha value is -5.36. The number of nitrogens with zero attached hydrogens (tertiary/aromatic N) is 2. The van der Waals surface area contributed by atoms with Crippen LogP contribution in [0.4, 0.5) is 34.1 Å².